The molecule has 1 aliphatic rings. The third-order valence-corrected chi connectivity index (χ3v) is 5.56. The fourth-order valence-electron chi connectivity index (χ4n) is 3.09. The summed E-state index contributed by atoms with van der Waals surface area (Å²) < 4.78 is 11.8. The molecule has 1 aromatic heterocycles. The average Bonchev–Trinajstić information content (AvgIpc) is 3.04. The summed E-state index contributed by atoms with van der Waals surface area (Å²) in [5.74, 6) is -0.0257. The van der Waals surface area contributed by atoms with E-state index < -0.39 is 5.97 Å². The predicted molar refractivity (Wildman–Crippen MR) is 106 cm³/mol. The maximum Gasteiger partial charge on any atom is 0.326 e. The molecule has 150 valence electrons. The molecular weight excluding hydrogens is 382 g/mol. The number of aromatic nitrogens is 1. The smallest absolute Gasteiger partial charge is 0.326 e. The number of benzene rings is 1. The second-order valence-electron chi connectivity index (χ2n) is 6.43. The highest BCUT2D eigenvalue weighted by molar-refractivity contribution is 7.07. The number of nitrogens with zero attached hydrogens (tertiary/aromatic N) is 3. The molecule has 9 heteroatoms. The summed E-state index contributed by atoms with van der Waals surface area (Å²) in [6.07, 6.45) is 0. The highest BCUT2D eigenvalue weighted by atomic mass is 32.1. The van der Waals surface area contributed by atoms with Gasteiger partial charge in [0, 0.05) is 37.3 Å². The number of aryl methyl sites for hydroxylation is 1. The molecular formula is C19H23N3O5S. The van der Waals surface area contributed by atoms with Gasteiger partial charge in [-0.05, 0) is 19.1 Å². The SMILES string of the molecule is COc1ccccc1N1CCN(C(=O)COC(=O)Cn2c(C)csc2=O)CC1. The van der Waals surface area contributed by atoms with Gasteiger partial charge in [-0.1, -0.05) is 23.5 Å². The number of ether oxygens (including phenoxy) is 2. The Morgan fingerprint density at radius 2 is 1.86 bits per heavy atom. The van der Waals surface area contributed by atoms with Crippen molar-refractivity contribution in [3.8, 4) is 5.75 Å². The highest BCUT2D eigenvalue weighted by Gasteiger charge is 2.23. The van der Waals surface area contributed by atoms with E-state index in [0.29, 0.717) is 31.9 Å². The lowest BCUT2D eigenvalue weighted by molar-refractivity contribution is -0.152. The summed E-state index contributed by atoms with van der Waals surface area (Å²) in [5, 5.41) is 1.68. The number of piperazine rings is 1. The first-order chi connectivity index (χ1) is 13.5. The first kappa shape index (κ1) is 19.9. The third kappa shape index (κ3) is 4.53. The molecule has 0 aliphatic carbocycles. The van der Waals surface area contributed by atoms with Crippen molar-refractivity contribution >= 4 is 28.9 Å². The van der Waals surface area contributed by atoms with Crippen molar-refractivity contribution in [2.24, 2.45) is 0 Å². The summed E-state index contributed by atoms with van der Waals surface area (Å²) >= 11 is 1.03. The maximum absolute atomic E-state index is 12.3. The van der Waals surface area contributed by atoms with Gasteiger partial charge in [-0.15, -0.1) is 0 Å². The molecule has 2 heterocycles. The number of hydrogen-bond acceptors (Lipinski definition) is 7. The average molecular weight is 405 g/mol. The molecule has 0 spiro atoms. The largest absolute Gasteiger partial charge is 0.495 e. The lowest BCUT2D eigenvalue weighted by Gasteiger charge is -2.36. The van der Waals surface area contributed by atoms with Gasteiger partial charge < -0.3 is 19.3 Å². The Kier molecular flexibility index (Phi) is 6.35. The molecule has 3 rings (SSSR count). The van der Waals surface area contributed by atoms with Crippen LogP contribution >= 0.6 is 11.3 Å². The van der Waals surface area contributed by atoms with Crippen LogP contribution in [0.3, 0.4) is 0 Å². The van der Waals surface area contributed by atoms with Gasteiger partial charge in [0.1, 0.15) is 12.3 Å². The summed E-state index contributed by atoms with van der Waals surface area (Å²) in [6, 6.07) is 7.77. The van der Waals surface area contributed by atoms with E-state index in [1.807, 2.05) is 24.3 Å². The molecule has 0 unspecified atom stereocenters. The molecule has 1 aromatic carbocycles. The molecule has 0 atom stereocenters. The lowest BCUT2D eigenvalue weighted by Crippen LogP contribution is -2.50. The Labute approximate surface area is 166 Å². The van der Waals surface area contributed by atoms with E-state index in [-0.39, 0.29) is 23.9 Å². The van der Waals surface area contributed by atoms with Crippen LogP contribution in [-0.2, 0) is 20.9 Å². The minimum atomic E-state index is -0.593. The molecule has 0 saturated carbocycles. The Morgan fingerprint density at radius 1 is 1.14 bits per heavy atom. The molecule has 0 radical (unpaired) electrons. The number of carbonyl (C=O) groups is 2. The van der Waals surface area contributed by atoms with Crippen LogP contribution in [0.25, 0.3) is 0 Å². The van der Waals surface area contributed by atoms with E-state index in [9.17, 15) is 14.4 Å². The van der Waals surface area contributed by atoms with Crippen molar-refractivity contribution in [1.29, 1.82) is 0 Å². The van der Waals surface area contributed by atoms with Gasteiger partial charge in [-0.25, -0.2) is 0 Å². The van der Waals surface area contributed by atoms with E-state index in [2.05, 4.69) is 4.90 Å². The number of amides is 1. The fourth-order valence-corrected chi connectivity index (χ4v) is 3.83. The van der Waals surface area contributed by atoms with Crippen LogP contribution in [0, 0.1) is 6.92 Å². The van der Waals surface area contributed by atoms with Gasteiger partial charge in [0.25, 0.3) is 5.91 Å². The van der Waals surface area contributed by atoms with Crippen molar-refractivity contribution in [3.05, 3.63) is 45.0 Å². The second-order valence-corrected chi connectivity index (χ2v) is 7.25. The molecule has 0 N–H and O–H groups in total. The van der Waals surface area contributed by atoms with Crippen LogP contribution in [0.2, 0.25) is 0 Å². The topological polar surface area (TPSA) is 81.1 Å². The minimum absolute atomic E-state index is 0.178. The Balaban J connectivity index is 1.47. The molecule has 8 nitrogen and oxygen atoms in total. The lowest BCUT2D eigenvalue weighted by atomic mass is 10.2. The van der Waals surface area contributed by atoms with E-state index in [1.165, 1.54) is 4.57 Å². The van der Waals surface area contributed by atoms with Crippen LogP contribution < -0.4 is 14.5 Å². The van der Waals surface area contributed by atoms with Gasteiger partial charge in [0.2, 0.25) is 0 Å². The van der Waals surface area contributed by atoms with E-state index in [1.54, 1.807) is 24.3 Å². The zero-order chi connectivity index (χ0) is 20.1. The molecule has 1 aliphatic heterocycles. The van der Waals surface area contributed by atoms with Gasteiger partial charge in [-0.3, -0.25) is 19.0 Å². The monoisotopic (exact) mass is 405 g/mol. The number of methoxy groups -OCH3 is 1. The van der Waals surface area contributed by atoms with Gasteiger partial charge in [-0.2, -0.15) is 0 Å². The maximum atomic E-state index is 12.3. The molecule has 28 heavy (non-hydrogen) atoms. The van der Waals surface area contributed by atoms with Crippen molar-refractivity contribution in [3.63, 3.8) is 0 Å². The normalized spacial score (nSPS) is 14.1. The number of thiazole rings is 1. The zero-order valence-corrected chi connectivity index (χ0v) is 16.7. The van der Waals surface area contributed by atoms with E-state index in [4.69, 9.17) is 9.47 Å². The molecule has 1 saturated heterocycles. The van der Waals surface area contributed by atoms with E-state index in [0.717, 1.165) is 22.8 Å². The van der Waals surface area contributed by atoms with Crippen LogP contribution in [0.4, 0.5) is 5.69 Å². The standard InChI is InChI=1S/C19H23N3O5S/c1-14-13-28-19(25)22(14)11-18(24)27-12-17(23)21-9-7-20(8-10-21)15-5-3-4-6-16(15)26-2/h3-6,13H,7-12H2,1-2H3. The number of anilines is 1. The number of rotatable bonds is 6. The number of carbonyl (C=O) groups excluding carboxylic acids is 2. The Hall–Kier alpha value is -2.81. The fraction of sp³-hybridized carbons (Fsp3) is 0.421. The van der Waals surface area contributed by atoms with E-state index >= 15 is 0 Å². The summed E-state index contributed by atoms with van der Waals surface area (Å²) in [6.45, 7) is 3.67. The first-order valence-corrected chi connectivity index (χ1v) is 9.84. The second kappa shape index (κ2) is 8.92. The number of para-hydroxylation sites is 2. The molecule has 2 aromatic rings. The predicted octanol–water partition coefficient (Wildman–Crippen LogP) is 1.12. The van der Waals surface area contributed by atoms with Gasteiger partial charge in [0.05, 0.1) is 12.8 Å². The molecule has 1 fully saturated rings. The van der Waals surface area contributed by atoms with Crippen LogP contribution in [0.1, 0.15) is 5.69 Å². The third-order valence-electron chi connectivity index (χ3n) is 4.68. The quantitative estimate of drug-likeness (QED) is 0.670. The van der Waals surface area contributed by atoms with Crippen LogP contribution in [-0.4, -0.2) is 61.2 Å². The summed E-state index contributed by atoms with van der Waals surface area (Å²) in [4.78, 5) is 39.6. The molecule has 1 amide bonds. The zero-order valence-electron chi connectivity index (χ0n) is 15.9. The van der Waals surface area contributed by atoms with Crippen LogP contribution in [0.5, 0.6) is 5.75 Å². The highest BCUT2D eigenvalue weighted by Crippen LogP contribution is 2.28. The summed E-state index contributed by atoms with van der Waals surface area (Å²) in [7, 11) is 1.64. The van der Waals surface area contributed by atoms with Gasteiger partial charge >= 0.3 is 10.8 Å². The number of esters is 1. The van der Waals surface area contributed by atoms with Gasteiger partial charge in [0.15, 0.2) is 6.61 Å². The summed E-state index contributed by atoms with van der Waals surface area (Å²) in [5.41, 5.74) is 1.70. The first-order valence-electron chi connectivity index (χ1n) is 8.96. The van der Waals surface area contributed by atoms with Crippen molar-refractivity contribution < 1.29 is 19.1 Å². The van der Waals surface area contributed by atoms with Crippen molar-refractivity contribution in [2.45, 2.75) is 13.5 Å². The number of hydrogen-bond donors (Lipinski definition) is 0. The van der Waals surface area contributed by atoms with Crippen molar-refractivity contribution in [2.75, 3.05) is 44.8 Å². The van der Waals surface area contributed by atoms with Crippen LogP contribution in [0.15, 0.2) is 34.4 Å². The van der Waals surface area contributed by atoms with Crippen molar-refractivity contribution in [1.82, 2.24) is 9.47 Å². The Bertz CT molecular complexity index is 899. The molecule has 0 bridgehead atoms. The minimum Gasteiger partial charge on any atom is -0.495 e. The Morgan fingerprint density at radius 3 is 2.50 bits per heavy atom.